The molecule has 100 valence electrons. The Balaban J connectivity index is 1.70. The first-order valence-electron chi connectivity index (χ1n) is 6.23. The fourth-order valence-corrected chi connectivity index (χ4v) is 3.46. The minimum Gasteiger partial charge on any atom is -0.381 e. The van der Waals surface area contributed by atoms with Crippen LogP contribution in [0.3, 0.4) is 0 Å². The number of ether oxygens (including phenoxy) is 1. The molecule has 6 heteroatoms. The van der Waals surface area contributed by atoms with Gasteiger partial charge in [0.05, 0.1) is 12.4 Å². The van der Waals surface area contributed by atoms with Crippen LogP contribution in [0.4, 0.5) is 0 Å². The molecule has 1 saturated carbocycles. The molecule has 1 N–H and O–H groups in total. The van der Waals surface area contributed by atoms with Crippen LogP contribution < -0.4 is 5.32 Å². The van der Waals surface area contributed by atoms with Crippen LogP contribution in [0.2, 0.25) is 0 Å². The van der Waals surface area contributed by atoms with Crippen molar-refractivity contribution in [2.75, 3.05) is 26.5 Å². The molecule has 0 unspecified atom stereocenters. The highest BCUT2D eigenvalue weighted by Gasteiger charge is 2.32. The lowest BCUT2D eigenvalue weighted by molar-refractivity contribution is 0.0124. The molecule has 0 atom stereocenters. The van der Waals surface area contributed by atoms with Gasteiger partial charge in [0.15, 0.2) is 0 Å². The van der Waals surface area contributed by atoms with Crippen LogP contribution in [0.5, 0.6) is 0 Å². The molecule has 0 radical (unpaired) electrons. The van der Waals surface area contributed by atoms with Gasteiger partial charge < -0.3 is 10.1 Å². The second kappa shape index (κ2) is 5.22. The minimum absolute atomic E-state index is 0.420. The van der Waals surface area contributed by atoms with Gasteiger partial charge in [-0.3, -0.25) is 0 Å². The van der Waals surface area contributed by atoms with E-state index in [1.807, 2.05) is 0 Å². The average molecular weight is 262 g/mol. The highest BCUT2D eigenvalue weighted by atomic mass is 32.2. The first-order valence-corrected chi connectivity index (χ1v) is 8.08. The highest BCUT2D eigenvalue weighted by Crippen LogP contribution is 2.24. The summed E-state index contributed by atoms with van der Waals surface area (Å²) < 4.78 is 29.5. The van der Waals surface area contributed by atoms with Crippen molar-refractivity contribution in [2.45, 2.75) is 43.9 Å². The molecule has 1 aliphatic heterocycles. The second-order valence-corrected chi connectivity index (χ2v) is 7.11. The van der Waals surface area contributed by atoms with Crippen LogP contribution in [0.25, 0.3) is 0 Å². The lowest BCUT2D eigenvalue weighted by Crippen LogP contribution is -2.52. The lowest BCUT2D eigenvalue weighted by atomic mass is 9.88. The molecule has 0 spiro atoms. The Labute approximate surface area is 104 Å². The van der Waals surface area contributed by atoms with Crippen LogP contribution in [-0.2, 0) is 14.8 Å². The van der Waals surface area contributed by atoms with E-state index in [9.17, 15) is 8.42 Å². The predicted octanol–water partition coefficient (Wildman–Crippen LogP) is 0.177. The molecule has 1 heterocycles. The monoisotopic (exact) mass is 262 g/mol. The van der Waals surface area contributed by atoms with E-state index in [2.05, 4.69) is 5.32 Å². The summed E-state index contributed by atoms with van der Waals surface area (Å²) in [4.78, 5) is 0. The van der Waals surface area contributed by atoms with Gasteiger partial charge in [0.1, 0.15) is 0 Å². The standard InChI is InChI=1S/C11H22N2O3S/c1-16-11-7-10(8-11)12-9-3-5-13(6-4-9)17(2,14)15/h9-12H,3-8H2,1-2H3. The third-order valence-electron chi connectivity index (χ3n) is 3.82. The molecule has 2 fully saturated rings. The number of hydrogen-bond donors (Lipinski definition) is 1. The smallest absolute Gasteiger partial charge is 0.211 e. The fourth-order valence-electron chi connectivity index (χ4n) is 2.58. The molecule has 0 aromatic carbocycles. The number of nitrogens with one attached hydrogen (secondary N) is 1. The Morgan fingerprint density at radius 3 is 2.24 bits per heavy atom. The van der Waals surface area contributed by atoms with E-state index in [0.717, 1.165) is 25.7 Å². The number of nitrogens with zero attached hydrogens (tertiary/aromatic N) is 1. The molecular formula is C11H22N2O3S. The van der Waals surface area contributed by atoms with Crippen molar-refractivity contribution in [1.82, 2.24) is 9.62 Å². The first kappa shape index (κ1) is 13.3. The molecular weight excluding hydrogens is 240 g/mol. The van der Waals surface area contributed by atoms with Crippen LogP contribution in [0, 0.1) is 0 Å². The van der Waals surface area contributed by atoms with E-state index in [4.69, 9.17) is 4.74 Å². The topological polar surface area (TPSA) is 58.6 Å². The molecule has 0 aromatic rings. The Morgan fingerprint density at radius 1 is 1.18 bits per heavy atom. The zero-order valence-corrected chi connectivity index (χ0v) is 11.4. The zero-order chi connectivity index (χ0) is 12.5. The molecule has 2 aliphatic rings. The van der Waals surface area contributed by atoms with Crippen LogP contribution in [0.15, 0.2) is 0 Å². The van der Waals surface area contributed by atoms with Gasteiger partial charge in [0, 0.05) is 32.3 Å². The van der Waals surface area contributed by atoms with Crippen molar-refractivity contribution in [3.63, 3.8) is 0 Å². The fraction of sp³-hybridized carbons (Fsp3) is 1.00. The van der Waals surface area contributed by atoms with Crippen LogP contribution in [-0.4, -0.2) is 57.4 Å². The Kier molecular flexibility index (Phi) is 4.07. The van der Waals surface area contributed by atoms with Crippen LogP contribution in [0.1, 0.15) is 25.7 Å². The number of rotatable bonds is 4. The maximum absolute atomic E-state index is 11.4. The van der Waals surface area contributed by atoms with Gasteiger partial charge in [0.25, 0.3) is 0 Å². The Bertz CT molecular complexity index is 344. The number of hydrogen-bond acceptors (Lipinski definition) is 4. The summed E-state index contributed by atoms with van der Waals surface area (Å²) in [5.41, 5.74) is 0. The minimum atomic E-state index is -3.00. The number of piperidine rings is 1. The van der Waals surface area contributed by atoms with Crippen molar-refractivity contribution >= 4 is 10.0 Å². The maximum atomic E-state index is 11.4. The largest absolute Gasteiger partial charge is 0.381 e. The zero-order valence-electron chi connectivity index (χ0n) is 10.6. The molecule has 0 amide bonds. The summed E-state index contributed by atoms with van der Waals surface area (Å²) in [7, 11) is -1.24. The molecule has 1 aliphatic carbocycles. The van der Waals surface area contributed by atoms with Gasteiger partial charge in [0.2, 0.25) is 10.0 Å². The Morgan fingerprint density at radius 2 is 1.76 bits per heavy atom. The SMILES string of the molecule is COC1CC(NC2CCN(S(C)(=O)=O)CC2)C1. The highest BCUT2D eigenvalue weighted by molar-refractivity contribution is 7.88. The summed E-state index contributed by atoms with van der Waals surface area (Å²) in [6.45, 7) is 1.30. The van der Waals surface area contributed by atoms with Crippen molar-refractivity contribution in [1.29, 1.82) is 0 Å². The van der Waals surface area contributed by atoms with Gasteiger partial charge in [-0.1, -0.05) is 0 Å². The molecule has 0 aromatic heterocycles. The van der Waals surface area contributed by atoms with E-state index in [-0.39, 0.29) is 0 Å². The van der Waals surface area contributed by atoms with Gasteiger partial charge in [-0.15, -0.1) is 0 Å². The summed E-state index contributed by atoms with van der Waals surface area (Å²) in [6.07, 6.45) is 5.72. The van der Waals surface area contributed by atoms with Crippen LogP contribution >= 0.6 is 0 Å². The molecule has 5 nitrogen and oxygen atoms in total. The van der Waals surface area contributed by atoms with Gasteiger partial charge in [-0.25, -0.2) is 12.7 Å². The van der Waals surface area contributed by atoms with E-state index in [1.54, 1.807) is 11.4 Å². The Hall–Kier alpha value is -0.170. The first-order chi connectivity index (χ1) is 7.99. The normalized spacial score (nSPS) is 32.4. The van der Waals surface area contributed by atoms with Gasteiger partial charge >= 0.3 is 0 Å². The number of methoxy groups -OCH3 is 1. The van der Waals surface area contributed by atoms with Crippen molar-refractivity contribution in [3.05, 3.63) is 0 Å². The van der Waals surface area contributed by atoms with E-state index < -0.39 is 10.0 Å². The third-order valence-corrected chi connectivity index (χ3v) is 5.13. The van der Waals surface area contributed by atoms with E-state index in [1.165, 1.54) is 6.26 Å². The van der Waals surface area contributed by atoms with Crippen molar-refractivity contribution in [2.24, 2.45) is 0 Å². The second-order valence-electron chi connectivity index (χ2n) is 5.13. The van der Waals surface area contributed by atoms with Gasteiger partial charge in [-0.05, 0) is 25.7 Å². The summed E-state index contributed by atoms with van der Waals surface area (Å²) in [5, 5.41) is 3.59. The average Bonchev–Trinajstić information content (AvgIpc) is 2.22. The third kappa shape index (κ3) is 3.40. The van der Waals surface area contributed by atoms with E-state index >= 15 is 0 Å². The summed E-state index contributed by atoms with van der Waals surface area (Å²) in [6, 6.07) is 1.03. The number of sulfonamides is 1. The molecule has 1 saturated heterocycles. The molecule has 17 heavy (non-hydrogen) atoms. The van der Waals surface area contributed by atoms with Gasteiger partial charge in [-0.2, -0.15) is 0 Å². The maximum Gasteiger partial charge on any atom is 0.211 e. The quantitative estimate of drug-likeness (QED) is 0.785. The van der Waals surface area contributed by atoms with E-state index in [0.29, 0.717) is 31.3 Å². The summed E-state index contributed by atoms with van der Waals surface area (Å²) >= 11 is 0. The molecule has 2 rings (SSSR count). The molecule has 0 bridgehead atoms. The predicted molar refractivity (Wildman–Crippen MR) is 66.4 cm³/mol. The lowest BCUT2D eigenvalue weighted by Gasteiger charge is -2.39. The van der Waals surface area contributed by atoms with Crippen molar-refractivity contribution in [3.8, 4) is 0 Å². The van der Waals surface area contributed by atoms with Crippen molar-refractivity contribution < 1.29 is 13.2 Å². The summed E-state index contributed by atoms with van der Waals surface area (Å²) in [5.74, 6) is 0.